The highest BCUT2D eigenvalue weighted by molar-refractivity contribution is 5.76. The lowest BCUT2D eigenvalue weighted by Gasteiger charge is -2.41. The van der Waals surface area contributed by atoms with Crippen LogP contribution in [0.4, 0.5) is 0 Å². The molecule has 0 spiro atoms. The van der Waals surface area contributed by atoms with Gasteiger partial charge in [-0.1, -0.05) is 0 Å². The Kier molecular flexibility index (Phi) is 5.88. The number of carbonyl (C=O) groups is 1. The van der Waals surface area contributed by atoms with Crippen molar-refractivity contribution in [1.82, 2.24) is 10.2 Å². The Labute approximate surface area is 104 Å². The van der Waals surface area contributed by atoms with Crippen molar-refractivity contribution in [2.75, 3.05) is 26.2 Å². The number of carbonyl (C=O) groups excluding carboxylic acids is 1. The van der Waals surface area contributed by atoms with E-state index in [1.54, 1.807) is 0 Å². The zero-order chi connectivity index (χ0) is 12.8. The summed E-state index contributed by atoms with van der Waals surface area (Å²) < 4.78 is 5.58. The number of morpholine rings is 1. The molecule has 17 heavy (non-hydrogen) atoms. The Hall–Kier alpha value is -0.650. The van der Waals surface area contributed by atoms with E-state index in [0.29, 0.717) is 32.2 Å². The third kappa shape index (κ3) is 4.26. The van der Waals surface area contributed by atoms with E-state index in [-0.39, 0.29) is 18.1 Å². The summed E-state index contributed by atoms with van der Waals surface area (Å²) in [6.45, 7) is 8.84. The van der Waals surface area contributed by atoms with Gasteiger partial charge in [0, 0.05) is 38.1 Å². The molecule has 1 rings (SSSR count). The molecular weight excluding hydrogens is 218 g/mol. The van der Waals surface area contributed by atoms with Crippen LogP contribution in [0.25, 0.3) is 0 Å². The molecule has 0 aromatic heterocycles. The topological polar surface area (TPSA) is 67.6 Å². The van der Waals surface area contributed by atoms with Crippen LogP contribution in [0.2, 0.25) is 0 Å². The van der Waals surface area contributed by atoms with Gasteiger partial charge in [0.2, 0.25) is 5.91 Å². The monoisotopic (exact) mass is 243 g/mol. The van der Waals surface area contributed by atoms with E-state index in [0.717, 1.165) is 6.54 Å². The molecule has 0 aliphatic carbocycles. The molecule has 1 aliphatic rings. The largest absolute Gasteiger partial charge is 0.376 e. The molecule has 0 aromatic carbocycles. The highest BCUT2D eigenvalue weighted by Crippen LogP contribution is 2.16. The van der Waals surface area contributed by atoms with E-state index in [2.05, 4.69) is 24.1 Å². The van der Waals surface area contributed by atoms with Crippen LogP contribution in [-0.2, 0) is 9.53 Å². The summed E-state index contributed by atoms with van der Waals surface area (Å²) in [5.41, 5.74) is 5.79. The van der Waals surface area contributed by atoms with E-state index in [1.807, 2.05) is 6.92 Å². The van der Waals surface area contributed by atoms with Crippen molar-refractivity contribution in [3.05, 3.63) is 0 Å². The lowest BCUT2D eigenvalue weighted by molar-refractivity contribution is -0.124. The van der Waals surface area contributed by atoms with Crippen LogP contribution in [0.1, 0.15) is 27.2 Å². The van der Waals surface area contributed by atoms with Crippen molar-refractivity contribution >= 4 is 5.91 Å². The average molecular weight is 243 g/mol. The second kappa shape index (κ2) is 6.93. The molecule has 3 N–H and O–H groups in total. The summed E-state index contributed by atoms with van der Waals surface area (Å²) in [4.78, 5) is 13.9. The molecule has 1 fully saturated rings. The van der Waals surface area contributed by atoms with Crippen LogP contribution in [0.5, 0.6) is 0 Å². The third-order valence-electron chi connectivity index (χ3n) is 3.19. The highest BCUT2D eigenvalue weighted by atomic mass is 16.5. The number of nitrogens with zero attached hydrogens (tertiary/aromatic N) is 1. The molecule has 5 nitrogen and oxygen atoms in total. The standard InChI is InChI=1S/C12H25N3O2/c1-4-14-12(16)5-11(6-13)15-7-10(3)17-8-9(15)2/h9-11H,4-8,13H2,1-3H3,(H,14,16). The van der Waals surface area contributed by atoms with Crippen molar-refractivity contribution in [2.24, 2.45) is 5.73 Å². The maximum Gasteiger partial charge on any atom is 0.221 e. The van der Waals surface area contributed by atoms with Crippen LogP contribution in [0.3, 0.4) is 0 Å². The van der Waals surface area contributed by atoms with Crippen LogP contribution >= 0.6 is 0 Å². The Bertz CT molecular complexity index is 248. The van der Waals surface area contributed by atoms with Gasteiger partial charge in [-0.2, -0.15) is 0 Å². The quantitative estimate of drug-likeness (QED) is 0.710. The first-order valence-corrected chi connectivity index (χ1v) is 6.42. The fraction of sp³-hybridized carbons (Fsp3) is 0.917. The molecule has 1 aliphatic heterocycles. The van der Waals surface area contributed by atoms with E-state index in [9.17, 15) is 4.79 Å². The van der Waals surface area contributed by atoms with E-state index in [1.165, 1.54) is 0 Å². The molecule has 1 saturated heterocycles. The fourth-order valence-corrected chi connectivity index (χ4v) is 2.26. The number of hydrogen-bond acceptors (Lipinski definition) is 4. The van der Waals surface area contributed by atoms with E-state index in [4.69, 9.17) is 10.5 Å². The molecule has 0 radical (unpaired) electrons. The second-order valence-electron chi connectivity index (χ2n) is 4.74. The number of ether oxygens (including phenoxy) is 1. The van der Waals surface area contributed by atoms with Gasteiger partial charge >= 0.3 is 0 Å². The van der Waals surface area contributed by atoms with Gasteiger partial charge in [0.05, 0.1) is 12.7 Å². The summed E-state index contributed by atoms with van der Waals surface area (Å²) in [6, 6.07) is 0.442. The number of hydrogen-bond donors (Lipinski definition) is 2. The first-order chi connectivity index (χ1) is 8.08. The highest BCUT2D eigenvalue weighted by Gasteiger charge is 2.29. The predicted molar refractivity (Wildman–Crippen MR) is 67.7 cm³/mol. The van der Waals surface area contributed by atoms with Crippen LogP contribution in [0.15, 0.2) is 0 Å². The van der Waals surface area contributed by atoms with Gasteiger partial charge in [-0.25, -0.2) is 0 Å². The fourth-order valence-electron chi connectivity index (χ4n) is 2.26. The molecule has 3 unspecified atom stereocenters. The lowest BCUT2D eigenvalue weighted by Crippen LogP contribution is -2.55. The first kappa shape index (κ1) is 14.4. The predicted octanol–water partition coefficient (Wildman–Crippen LogP) is -0.0509. The minimum atomic E-state index is 0.0781. The van der Waals surface area contributed by atoms with Crippen molar-refractivity contribution in [1.29, 1.82) is 0 Å². The number of amides is 1. The number of rotatable bonds is 5. The summed E-state index contributed by atoms with van der Waals surface area (Å²) in [5.74, 6) is 0.0781. The van der Waals surface area contributed by atoms with E-state index >= 15 is 0 Å². The van der Waals surface area contributed by atoms with Crippen molar-refractivity contribution in [3.8, 4) is 0 Å². The van der Waals surface area contributed by atoms with Crippen LogP contribution in [-0.4, -0.2) is 55.2 Å². The Morgan fingerprint density at radius 3 is 2.88 bits per heavy atom. The van der Waals surface area contributed by atoms with Crippen LogP contribution < -0.4 is 11.1 Å². The Morgan fingerprint density at radius 1 is 1.59 bits per heavy atom. The minimum absolute atomic E-state index is 0.0781. The maximum atomic E-state index is 11.6. The molecule has 3 atom stereocenters. The van der Waals surface area contributed by atoms with Gasteiger partial charge in [-0.05, 0) is 20.8 Å². The smallest absolute Gasteiger partial charge is 0.221 e. The number of nitrogens with one attached hydrogen (secondary N) is 1. The number of nitrogens with two attached hydrogens (primary N) is 1. The molecule has 0 aromatic rings. The normalized spacial score (nSPS) is 27.8. The Balaban J connectivity index is 2.55. The summed E-state index contributed by atoms with van der Waals surface area (Å²) in [7, 11) is 0. The summed E-state index contributed by atoms with van der Waals surface area (Å²) in [5, 5.41) is 2.82. The molecule has 0 bridgehead atoms. The van der Waals surface area contributed by atoms with Crippen molar-refractivity contribution in [2.45, 2.75) is 45.4 Å². The summed E-state index contributed by atoms with van der Waals surface area (Å²) in [6.07, 6.45) is 0.691. The van der Waals surface area contributed by atoms with Crippen LogP contribution in [0, 0.1) is 0 Å². The minimum Gasteiger partial charge on any atom is -0.376 e. The maximum absolute atomic E-state index is 11.6. The first-order valence-electron chi connectivity index (χ1n) is 6.42. The van der Waals surface area contributed by atoms with Gasteiger partial charge in [0.25, 0.3) is 0 Å². The zero-order valence-electron chi connectivity index (χ0n) is 11.1. The summed E-state index contributed by atoms with van der Waals surface area (Å²) >= 11 is 0. The zero-order valence-corrected chi connectivity index (χ0v) is 11.1. The average Bonchev–Trinajstić information content (AvgIpc) is 2.30. The second-order valence-corrected chi connectivity index (χ2v) is 4.74. The lowest BCUT2D eigenvalue weighted by atomic mass is 10.1. The molecule has 1 amide bonds. The SMILES string of the molecule is CCNC(=O)CC(CN)N1CC(C)OCC1C. The third-order valence-corrected chi connectivity index (χ3v) is 3.19. The Morgan fingerprint density at radius 2 is 2.29 bits per heavy atom. The molecule has 1 heterocycles. The van der Waals surface area contributed by atoms with Gasteiger partial charge in [0.1, 0.15) is 0 Å². The molecule has 0 saturated carbocycles. The van der Waals surface area contributed by atoms with Gasteiger partial charge in [-0.15, -0.1) is 0 Å². The van der Waals surface area contributed by atoms with E-state index < -0.39 is 0 Å². The van der Waals surface area contributed by atoms with Gasteiger partial charge in [0.15, 0.2) is 0 Å². The molecular formula is C12H25N3O2. The van der Waals surface area contributed by atoms with Gasteiger partial charge in [-0.3, -0.25) is 9.69 Å². The molecule has 100 valence electrons. The van der Waals surface area contributed by atoms with Gasteiger partial charge < -0.3 is 15.8 Å². The molecule has 5 heteroatoms. The van der Waals surface area contributed by atoms with Crippen molar-refractivity contribution in [3.63, 3.8) is 0 Å². The van der Waals surface area contributed by atoms with Crippen molar-refractivity contribution < 1.29 is 9.53 Å².